The van der Waals surface area contributed by atoms with Crippen molar-refractivity contribution in [3.63, 3.8) is 0 Å². The molecule has 12 heteroatoms. The lowest BCUT2D eigenvalue weighted by Crippen LogP contribution is -2.61. The Kier molecular flexibility index (Phi) is 47.0. The van der Waals surface area contributed by atoms with E-state index in [0.29, 0.717) is 19.3 Å². The van der Waals surface area contributed by atoms with E-state index < -0.39 is 67.3 Å². The molecule has 0 aromatic rings. The lowest BCUT2D eigenvalue weighted by molar-refractivity contribution is -0.301. The fourth-order valence-corrected chi connectivity index (χ4v) is 8.68. The molecule has 1 aliphatic rings. The van der Waals surface area contributed by atoms with Crippen LogP contribution >= 0.6 is 0 Å². The predicted octanol–water partition coefficient (Wildman–Crippen LogP) is 15.3. The standard InChI is InChI=1S/C63H106O12/c1-4-7-10-13-16-19-22-24-26-28-30-32-35-37-40-43-46-49-55(64)71-52-54(73-56(65)50-47-44-41-38-34-21-18-15-12-9-6-3)53-72-63-61(59(68)58(67)60(75-63)62(69)70)74-57(66)51-48-45-42-39-36-33-31-29-27-25-23-20-17-14-11-8-5-2/h7,10,16-17,19-20,24-27,30,32,54,58-61,63,67-68H,4-6,8-9,11-15,18,21-23,28-29,31,33-53H2,1-3H3,(H,69,70)/b10-7-,19-16-,20-17-,26-24-,27-25-,32-30-. The number of hydrogen-bond acceptors (Lipinski definition) is 11. The van der Waals surface area contributed by atoms with E-state index in [4.69, 9.17) is 23.7 Å². The summed E-state index contributed by atoms with van der Waals surface area (Å²) in [5.41, 5.74) is 0. The minimum Gasteiger partial charge on any atom is -0.479 e. The molecule has 0 bridgehead atoms. The Morgan fingerprint density at radius 1 is 0.453 bits per heavy atom. The third-order valence-corrected chi connectivity index (χ3v) is 13.3. The van der Waals surface area contributed by atoms with Crippen LogP contribution in [-0.4, -0.2) is 89.2 Å². The fourth-order valence-electron chi connectivity index (χ4n) is 8.68. The van der Waals surface area contributed by atoms with Gasteiger partial charge < -0.3 is 39.0 Å². The molecule has 0 aromatic heterocycles. The molecule has 0 spiro atoms. The van der Waals surface area contributed by atoms with Crippen LogP contribution in [0.25, 0.3) is 0 Å². The first-order valence-corrected chi connectivity index (χ1v) is 29.9. The largest absolute Gasteiger partial charge is 0.479 e. The van der Waals surface area contributed by atoms with Crippen molar-refractivity contribution in [2.75, 3.05) is 13.2 Å². The summed E-state index contributed by atoms with van der Waals surface area (Å²) >= 11 is 0. The van der Waals surface area contributed by atoms with Gasteiger partial charge in [0.05, 0.1) is 6.61 Å². The van der Waals surface area contributed by atoms with E-state index in [2.05, 4.69) is 93.7 Å². The van der Waals surface area contributed by atoms with Gasteiger partial charge in [0, 0.05) is 19.3 Å². The molecule has 430 valence electrons. The summed E-state index contributed by atoms with van der Waals surface area (Å²) in [7, 11) is 0. The molecule has 0 aromatic carbocycles. The van der Waals surface area contributed by atoms with Crippen LogP contribution in [-0.2, 0) is 42.9 Å². The summed E-state index contributed by atoms with van der Waals surface area (Å²) in [5.74, 6) is -3.15. The third kappa shape index (κ3) is 41.0. The molecule has 1 rings (SSSR count). The highest BCUT2D eigenvalue weighted by molar-refractivity contribution is 5.74. The second-order valence-electron chi connectivity index (χ2n) is 20.3. The molecule has 0 saturated carbocycles. The number of unbranched alkanes of at least 4 members (excludes halogenated alkanes) is 24. The van der Waals surface area contributed by atoms with Crippen molar-refractivity contribution in [1.29, 1.82) is 0 Å². The molecular formula is C63H106O12. The number of esters is 3. The number of carboxylic acids is 1. The topological polar surface area (TPSA) is 175 Å². The van der Waals surface area contributed by atoms with Gasteiger partial charge in [-0.15, -0.1) is 0 Å². The highest BCUT2D eigenvalue weighted by Crippen LogP contribution is 2.26. The van der Waals surface area contributed by atoms with Crippen LogP contribution in [0.2, 0.25) is 0 Å². The van der Waals surface area contributed by atoms with Gasteiger partial charge in [-0.2, -0.15) is 0 Å². The lowest BCUT2D eigenvalue weighted by atomic mass is 9.98. The lowest BCUT2D eigenvalue weighted by Gasteiger charge is -2.40. The minimum absolute atomic E-state index is 0.0484. The zero-order chi connectivity index (χ0) is 54.7. The van der Waals surface area contributed by atoms with Crippen molar-refractivity contribution in [2.24, 2.45) is 0 Å². The first kappa shape index (κ1) is 69.2. The molecule has 6 unspecified atom stereocenters. The maximum absolute atomic E-state index is 13.1. The van der Waals surface area contributed by atoms with Crippen LogP contribution in [0.4, 0.5) is 0 Å². The van der Waals surface area contributed by atoms with E-state index in [9.17, 15) is 34.5 Å². The molecular weight excluding hydrogens is 949 g/mol. The molecule has 12 nitrogen and oxygen atoms in total. The third-order valence-electron chi connectivity index (χ3n) is 13.3. The quantitative estimate of drug-likeness (QED) is 0.0228. The summed E-state index contributed by atoms with van der Waals surface area (Å²) < 4.78 is 28.4. The van der Waals surface area contributed by atoms with E-state index in [1.54, 1.807) is 0 Å². The van der Waals surface area contributed by atoms with E-state index >= 15 is 0 Å². The molecule has 0 aliphatic carbocycles. The Morgan fingerprint density at radius 2 is 0.840 bits per heavy atom. The molecule has 3 N–H and O–H groups in total. The number of rotatable bonds is 50. The number of aliphatic hydroxyl groups excluding tert-OH is 2. The monoisotopic (exact) mass is 1050 g/mol. The number of hydrogen-bond donors (Lipinski definition) is 3. The summed E-state index contributed by atoms with van der Waals surface area (Å²) in [6.45, 7) is 5.83. The van der Waals surface area contributed by atoms with Crippen molar-refractivity contribution in [3.05, 3.63) is 72.9 Å². The molecule has 1 fully saturated rings. The van der Waals surface area contributed by atoms with Crippen LogP contribution in [0, 0.1) is 0 Å². The molecule has 1 heterocycles. The summed E-state index contributed by atoms with van der Waals surface area (Å²) in [6.07, 6.45) is 51.5. The second kappa shape index (κ2) is 50.9. The minimum atomic E-state index is -1.91. The van der Waals surface area contributed by atoms with Crippen LogP contribution in [0.15, 0.2) is 72.9 Å². The van der Waals surface area contributed by atoms with Gasteiger partial charge >= 0.3 is 23.9 Å². The van der Waals surface area contributed by atoms with Crippen LogP contribution in [0.5, 0.6) is 0 Å². The van der Waals surface area contributed by atoms with Gasteiger partial charge in [-0.1, -0.05) is 216 Å². The summed E-state index contributed by atoms with van der Waals surface area (Å²) in [4.78, 5) is 51.1. The molecule has 75 heavy (non-hydrogen) atoms. The first-order valence-electron chi connectivity index (χ1n) is 29.9. The Morgan fingerprint density at radius 3 is 1.31 bits per heavy atom. The predicted molar refractivity (Wildman–Crippen MR) is 303 cm³/mol. The van der Waals surface area contributed by atoms with Gasteiger partial charge in [-0.25, -0.2) is 4.79 Å². The van der Waals surface area contributed by atoms with E-state index in [1.165, 1.54) is 64.2 Å². The number of ether oxygens (including phenoxy) is 5. The van der Waals surface area contributed by atoms with E-state index in [-0.39, 0.29) is 25.9 Å². The van der Waals surface area contributed by atoms with Crippen LogP contribution in [0.3, 0.4) is 0 Å². The van der Waals surface area contributed by atoms with Gasteiger partial charge in [-0.05, 0) is 89.9 Å². The molecule has 0 amide bonds. The maximum atomic E-state index is 13.1. The maximum Gasteiger partial charge on any atom is 0.335 e. The Bertz CT molecular complexity index is 1580. The molecule has 1 saturated heterocycles. The van der Waals surface area contributed by atoms with E-state index in [0.717, 1.165) is 128 Å². The molecule has 1 aliphatic heterocycles. The van der Waals surface area contributed by atoms with Gasteiger partial charge in [0.2, 0.25) is 0 Å². The highest BCUT2D eigenvalue weighted by atomic mass is 16.7. The Labute approximate surface area is 455 Å². The smallest absolute Gasteiger partial charge is 0.335 e. The summed E-state index contributed by atoms with van der Waals surface area (Å²) in [5, 5.41) is 31.5. The van der Waals surface area contributed by atoms with Gasteiger partial charge in [-0.3, -0.25) is 14.4 Å². The molecule has 6 atom stereocenters. The fraction of sp³-hybridized carbons (Fsp3) is 0.746. The van der Waals surface area contributed by atoms with Crippen molar-refractivity contribution >= 4 is 23.9 Å². The summed E-state index contributed by atoms with van der Waals surface area (Å²) in [6, 6.07) is 0. The number of aliphatic hydroxyl groups is 2. The zero-order valence-electron chi connectivity index (χ0n) is 47.3. The van der Waals surface area contributed by atoms with Gasteiger partial charge in [0.25, 0.3) is 0 Å². The van der Waals surface area contributed by atoms with Crippen molar-refractivity contribution in [2.45, 2.75) is 289 Å². The van der Waals surface area contributed by atoms with Gasteiger partial charge in [0.1, 0.15) is 18.8 Å². The number of allylic oxidation sites excluding steroid dienone is 12. The molecule has 0 radical (unpaired) electrons. The average molecular weight is 1060 g/mol. The van der Waals surface area contributed by atoms with Crippen molar-refractivity contribution in [3.8, 4) is 0 Å². The van der Waals surface area contributed by atoms with Crippen molar-refractivity contribution in [1.82, 2.24) is 0 Å². The highest BCUT2D eigenvalue weighted by Gasteiger charge is 2.50. The number of aliphatic carboxylic acids is 1. The normalized spacial score (nSPS) is 18.7. The van der Waals surface area contributed by atoms with Crippen LogP contribution in [0.1, 0.15) is 252 Å². The Balaban J connectivity index is 2.68. The van der Waals surface area contributed by atoms with Gasteiger partial charge in [0.15, 0.2) is 24.6 Å². The number of carboxylic acid groups (broad SMARTS) is 1. The average Bonchev–Trinajstić information content (AvgIpc) is 3.39. The Hall–Kier alpha value is -3.84. The van der Waals surface area contributed by atoms with Crippen LogP contribution < -0.4 is 0 Å². The number of carbonyl (C=O) groups is 4. The van der Waals surface area contributed by atoms with E-state index in [1.807, 2.05) is 0 Å². The zero-order valence-corrected chi connectivity index (χ0v) is 47.3. The number of carbonyl (C=O) groups excluding carboxylic acids is 3. The van der Waals surface area contributed by atoms with Crippen molar-refractivity contribution < 1.29 is 58.2 Å². The second-order valence-corrected chi connectivity index (χ2v) is 20.3. The first-order chi connectivity index (χ1) is 36.6. The SMILES string of the molecule is CC/C=C\C/C=C\C/C=C\C/C=C\CCCCCCC(=O)OCC(COC1OC(C(=O)O)C(O)C(O)C1OC(=O)CCCCCCCCC/C=C\C/C=C\CCCCC)OC(=O)CCCCCCCCCCCCC.